The molecule has 1 aliphatic heterocycles. The number of amides is 1. The average Bonchev–Trinajstić information content (AvgIpc) is 3.31. The SMILES string of the molecule is CCc1nc(CN(C(C)=O)[C@H]2CCN(CCc3cccs3)C2)no1. The lowest BCUT2D eigenvalue weighted by Gasteiger charge is -2.27. The third kappa shape index (κ3) is 4.21. The molecule has 0 radical (unpaired) electrons. The first-order valence-electron chi connectivity index (χ1n) is 8.49. The van der Waals surface area contributed by atoms with Gasteiger partial charge >= 0.3 is 0 Å². The standard InChI is InChI=1S/C17H24N4O2S/c1-3-17-18-16(19-23-17)12-21(13(2)22)14-6-8-20(11-14)9-7-15-5-4-10-24-15/h4-5,10,14H,3,6-9,11-12H2,1-2H3/t14-/m0/s1. The van der Waals surface area contributed by atoms with E-state index in [0.717, 1.165) is 32.5 Å². The maximum Gasteiger partial charge on any atom is 0.226 e. The van der Waals surface area contributed by atoms with Crippen LogP contribution in [0, 0.1) is 0 Å². The predicted molar refractivity (Wildman–Crippen MR) is 92.8 cm³/mol. The number of carbonyl (C=O) groups excluding carboxylic acids is 1. The molecule has 2 aromatic heterocycles. The molecule has 0 bridgehead atoms. The number of thiophene rings is 1. The molecule has 24 heavy (non-hydrogen) atoms. The molecule has 0 spiro atoms. The summed E-state index contributed by atoms with van der Waals surface area (Å²) >= 11 is 1.81. The van der Waals surface area contributed by atoms with Crippen LogP contribution < -0.4 is 0 Å². The summed E-state index contributed by atoms with van der Waals surface area (Å²) in [5, 5.41) is 6.10. The molecule has 1 amide bonds. The van der Waals surface area contributed by atoms with E-state index in [4.69, 9.17) is 4.52 Å². The molecule has 0 N–H and O–H groups in total. The number of nitrogens with zero attached hydrogens (tertiary/aromatic N) is 4. The van der Waals surface area contributed by atoms with Gasteiger partial charge in [0.05, 0.1) is 6.54 Å². The van der Waals surface area contributed by atoms with E-state index >= 15 is 0 Å². The van der Waals surface area contributed by atoms with E-state index in [1.807, 2.05) is 11.8 Å². The summed E-state index contributed by atoms with van der Waals surface area (Å²) in [5.41, 5.74) is 0. The zero-order valence-electron chi connectivity index (χ0n) is 14.3. The van der Waals surface area contributed by atoms with Gasteiger partial charge in [0, 0.05) is 43.9 Å². The molecule has 7 heteroatoms. The number of hydrogen-bond acceptors (Lipinski definition) is 6. The Morgan fingerprint density at radius 1 is 1.54 bits per heavy atom. The van der Waals surface area contributed by atoms with Crippen LogP contribution in [-0.2, 0) is 24.2 Å². The van der Waals surface area contributed by atoms with E-state index in [9.17, 15) is 4.79 Å². The van der Waals surface area contributed by atoms with Gasteiger partial charge in [-0.3, -0.25) is 4.79 Å². The van der Waals surface area contributed by atoms with E-state index < -0.39 is 0 Å². The lowest BCUT2D eigenvalue weighted by atomic mass is 10.2. The Labute approximate surface area is 146 Å². The molecule has 1 aliphatic rings. The van der Waals surface area contributed by atoms with Gasteiger partial charge < -0.3 is 14.3 Å². The van der Waals surface area contributed by atoms with Gasteiger partial charge in [0.25, 0.3) is 0 Å². The predicted octanol–water partition coefficient (Wildman–Crippen LogP) is 2.36. The summed E-state index contributed by atoms with van der Waals surface area (Å²) < 4.78 is 5.15. The Bertz CT molecular complexity index is 655. The Kier molecular flexibility index (Phi) is 5.63. The Balaban J connectivity index is 1.55. The average molecular weight is 348 g/mol. The number of aromatic nitrogens is 2. The van der Waals surface area contributed by atoms with Gasteiger partial charge in [-0.2, -0.15) is 4.98 Å². The topological polar surface area (TPSA) is 62.5 Å². The Morgan fingerprint density at radius 2 is 2.42 bits per heavy atom. The summed E-state index contributed by atoms with van der Waals surface area (Å²) in [5.74, 6) is 1.29. The molecule has 1 atom stereocenters. The number of carbonyl (C=O) groups is 1. The largest absolute Gasteiger partial charge is 0.339 e. The molecule has 0 saturated carbocycles. The van der Waals surface area contributed by atoms with Crippen LogP contribution in [-0.4, -0.2) is 51.5 Å². The third-order valence-corrected chi connectivity index (χ3v) is 5.41. The molecule has 0 unspecified atom stereocenters. The molecular formula is C17H24N4O2S. The van der Waals surface area contributed by atoms with Crippen LogP contribution in [0.1, 0.15) is 36.9 Å². The first kappa shape index (κ1) is 17.1. The molecule has 1 saturated heterocycles. The molecule has 6 nitrogen and oxygen atoms in total. The molecule has 3 heterocycles. The van der Waals surface area contributed by atoms with Crippen LogP contribution in [0.4, 0.5) is 0 Å². The number of rotatable bonds is 7. The van der Waals surface area contributed by atoms with Crippen LogP contribution in [0.5, 0.6) is 0 Å². The van der Waals surface area contributed by atoms with Crippen molar-refractivity contribution in [1.82, 2.24) is 19.9 Å². The van der Waals surface area contributed by atoms with Crippen LogP contribution in [0.15, 0.2) is 22.0 Å². The summed E-state index contributed by atoms with van der Waals surface area (Å²) in [6, 6.07) is 4.51. The first-order valence-corrected chi connectivity index (χ1v) is 9.37. The van der Waals surface area contributed by atoms with E-state index in [1.54, 1.807) is 18.3 Å². The van der Waals surface area contributed by atoms with E-state index in [1.165, 1.54) is 4.88 Å². The van der Waals surface area contributed by atoms with Crippen molar-refractivity contribution in [3.63, 3.8) is 0 Å². The van der Waals surface area contributed by atoms with Gasteiger partial charge in [0.1, 0.15) is 0 Å². The van der Waals surface area contributed by atoms with Crippen LogP contribution >= 0.6 is 11.3 Å². The second-order valence-electron chi connectivity index (χ2n) is 6.18. The lowest BCUT2D eigenvalue weighted by molar-refractivity contribution is -0.131. The second kappa shape index (κ2) is 7.90. The minimum absolute atomic E-state index is 0.0722. The quantitative estimate of drug-likeness (QED) is 0.769. The van der Waals surface area contributed by atoms with Crippen molar-refractivity contribution in [3.05, 3.63) is 34.1 Å². The highest BCUT2D eigenvalue weighted by Gasteiger charge is 2.30. The fraction of sp³-hybridized carbons (Fsp3) is 0.588. The Morgan fingerprint density at radius 3 is 3.08 bits per heavy atom. The van der Waals surface area contributed by atoms with Crippen molar-refractivity contribution < 1.29 is 9.32 Å². The molecule has 0 aliphatic carbocycles. The van der Waals surface area contributed by atoms with Crippen LogP contribution in [0.25, 0.3) is 0 Å². The van der Waals surface area contributed by atoms with Crippen molar-refractivity contribution in [3.8, 4) is 0 Å². The number of aryl methyl sites for hydroxylation is 1. The summed E-state index contributed by atoms with van der Waals surface area (Å²) in [4.78, 5) is 22.2. The monoisotopic (exact) mass is 348 g/mol. The highest BCUT2D eigenvalue weighted by Crippen LogP contribution is 2.19. The van der Waals surface area contributed by atoms with Gasteiger partial charge in [-0.05, 0) is 24.3 Å². The fourth-order valence-electron chi connectivity index (χ4n) is 3.14. The maximum absolute atomic E-state index is 12.1. The minimum Gasteiger partial charge on any atom is -0.339 e. The van der Waals surface area contributed by atoms with Crippen LogP contribution in [0.3, 0.4) is 0 Å². The van der Waals surface area contributed by atoms with Crippen LogP contribution in [0.2, 0.25) is 0 Å². The van der Waals surface area contributed by atoms with Gasteiger partial charge in [0.15, 0.2) is 5.82 Å². The molecule has 0 aromatic carbocycles. The lowest BCUT2D eigenvalue weighted by Crippen LogP contribution is -2.40. The van der Waals surface area contributed by atoms with Crippen molar-refractivity contribution >= 4 is 17.2 Å². The summed E-state index contributed by atoms with van der Waals surface area (Å²) in [7, 11) is 0. The molecule has 130 valence electrons. The smallest absolute Gasteiger partial charge is 0.226 e. The highest BCUT2D eigenvalue weighted by atomic mass is 32.1. The number of likely N-dealkylation sites (tertiary alicyclic amines) is 1. The summed E-state index contributed by atoms with van der Waals surface area (Å²) in [6.45, 7) is 7.03. The van der Waals surface area contributed by atoms with Crippen molar-refractivity contribution in [2.45, 2.75) is 45.7 Å². The van der Waals surface area contributed by atoms with E-state index in [0.29, 0.717) is 24.7 Å². The van der Waals surface area contributed by atoms with Crippen molar-refractivity contribution in [1.29, 1.82) is 0 Å². The van der Waals surface area contributed by atoms with E-state index in [2.05, 4.69) is 32.6 Å². The van der Waals surface area contributed by atoms with Crippen molar-refractivity contribution in [2.24, 2.45) is 0 Å². The molecule has 2 aromatic rings. The zero-order valence-corrected chi connectivity index (χ0v) is 15.1. The Hall–Kier alpha value is -1.73. The fourth-order valence-corrected chi connectivity index (χ4v) is 3.84. The minimum atomic E-state index is 0.0722. The van der Waals surface area contributed by atoms with Gasteiger partial charge in [0.2, 0.25) is 11.8 Å². The van der Waals surface area contributed by atoms with Crippen molar-refractivity contribution in [2.75, 3.05) is 19.6 Å². The molecular weight excluding hydrogens is 324 g/mol. The maximum atomic E-state index is 12.1. The molecule has 3 rings (SSSR count). The summed E-state index contributed by atoms with van der Waals surface area (Å²) in [6.07, 6.45) is 2.80. The van der Waals surface area contributed by atoms with Gasteiger partial charge in [-0.25, -0.2) is 0 Å². The van der Waals surface area contributed by atoms with Gasteiger partial charge in [-0.15, -0.1) is 11.3 Å². The highest BCUT2D eigenvalue weighted by molar-refractivity contribution is 7.09. The third-order valence-electron chi connectivity index (χ3n) is 4.47. The first-order chi connectivity index (χ1) is 11.7. The van der Waals surface area contributed by atoms with Gasteiger partial charge in [-0.1, -0.05) is 18.1 Å². The number of hydrogen-bond donors (Lipinski definition) is 0. The van der Waals surface area contributed by atoms with E-state index in [-0.39, 0.29) is 11.9 Å². The normalized spacial score (nSPS) is 18.2. The second-order valence-corrected chi connectivity index (χ2v) is 7.21. The molecule has 1 fully saturated rings. The zero-order chi connectivity index (χ0) is 16.9.